The fourth-order valence-electron chi connectivity index (χ4n) is 6.46. The standard InChI is InChI=1S/C30H25NO/c1-18-13-16-31-25(17-18)26-19(2)9-10-22-23-12-11-21-20-7-3-4-8-24(20)30(14-5-6-15-30)27(21)29(23)32-28(22)26/h3-4,7-13,16-17H,5-6,14-15H2,1-2H3. The lowest BCUT2D eigenvalue weighted by atomic mass is 9.76. The van der Waals surface area contributed by atoms with Crippen molar-refractivity contribution in [3.8, 4) is 22.4 Å². The Kier molecular flexibility index (Phi) is 3.60. The molecule has 0 bridgehead atoms. The Morgan fingerprint density at radius 3 is 2.44 bits per heavy atom. The number of hydrogen-bond donors (Lipinski definition) is 0. The molecule has 2 aliphatic rings. The molecule has 0 amide bonds. The summed E-state index contributed by atoms with van der Waals surface area (Å²) >= 11 is 0. The first-order valence-corrected chi connectivity index (χ1v) is 11.7. The van der Waals surface area contributed by atoms with Crippen molar-refractivity contribution in [3.05, 3.63) is 89.1 Å². The van der Waals surface area contributed by atoms with Gasteiger partial charge in [0.25, 0.3) is 0 Å². The highest BCUT2D eigenvalue weighted by atomic mass is 16.3. The van der Waals surface area contributed by atoms with Crippen molar-refractivity contribution in [3.63, 3.8) is 0 Å². The van der Waals surface area contributed by atoms with Gasteiger partial charge in [0, 0.05) is 33.5 Å². The number of benzene rings is 3. The van der Waals surface area contributed by atoms with Gasteiger partial charge in [-0.2, -0.15) is 0 Å². The molecule has 2 nitrogen and oxygen atoms in total. The summed E-state index contributed by atoms with van der Waals surface area (Å²) in [4.78, 5) is 4.71. The number of rotatable bonds is 1. The Morgan fingerprint density at radius 2 is 1.59 bits per heavy atom. The van der Waals surface area contributed by atoms with Gasteiger partial charge in [-0.05, 0) is 72.7 Å². The highest BCUT2D eigenvalue weighted by Gasteiger charge is 2.47. The lowest BCUT2D eigenvalue weighted by Crippen LogP contribution is -2.20. The first-order valence-electron chi connectivity index (χ1n) is 11.7. The van der Waals surface area contributed by atoms with Crippen LogP contribution >= 0.6 is 0 Å². The smallest absolute Gasteiger partial charge is 0.145 e. The Balaban J connectivity index is 1.60. The number of nitrogens with zero attached hydrogens (tertiary/aromatic N) is 1. The number of aromatic nitrogens is 1. The number of aryl methyl sites for hydroxylation is 2. The Morgan fingerprint density at radius 1 is 0.812 bits per heavy atom. The molecule has 32 heavy (non-hydrogen) atoms. The minimum atomic E-state index is 0.0934. The molecule has 2 aliphatic carbocycles. The molecule has 0 aliphatic heterocycles. The van der Waals surface area contributed by atoms with Crippen molar-refractivity contribution in [1.82, 2.24) is 4.98 Å². The van der Waals surface area contributed by atoms with E-state index in [9.17, 15) is 0 Å². The molecule has 2 heterocycles. The molecule has 2 heteroatoms. The average molecular weight is 416 g/mol. The second-order valence-corrected chi connectivity index (χ2v) is 9.65. The molecular weight excluding hydrogens is 390 g/mol. The second kappa shape index (κ2) is 6.32. The molecule has 0 N–H and O–H groups in total. The van der Waals surface area contributed by atoms with Gasteiger partial charge in [-0.1, -0.05) is 55.3 Å². The van der Waals surface area contributed by atoms with E-state index < -0.39 is 0 Å². The molecule has 1 spiro atoms. The normalized spacial score (nSPS) is 16.2. The first kappa shape index (κ1) is 18.2. The summed E-state index contributed by atoms with van der Waals surface area (Å²) in [5, 5.41) is 2.42. The maximum Gasteiger partial charge on any atom is 0.145 e. The molecule has 1 fully saturated rings. The summed E-state index contributed by atoms with van der Waals surface area (Å²) in [7, 11) is 0. The molecular formula is C30H25NO. The topological polar surface area (TPSA) is 26.0 Å². The third kappa shape index (κ3) is 2.22. The van der Waals surface area contributed by atoms with E-state index in [2.05, 4.69) is 68.4 Å². The number of furan rings is 1. The third-order valence-electron chi connectivity index (χ3n) is 7.86. The van der Waals surface area contributed by atoms with E-state index in [1.165, 1.54) is 69.8 Å². The van der Waals surface area contributed by atoms with Crippen LogP contribution in [0.3, 0.4) is 0 Å². The molecule has 0 atom stereocenters. The lowest BCUT2D eigenvalue weighted by Gasteiger charge is -2.26. The zero-order chi connectivity index (χ0) is 21.4. The van der Waals surface area contributed by atoms with Crippen LogP contribution in [-0.4, -0.2) is 4.98 Å². The minimum absolute atomic E-state index is 0.0934. The molecule has 3 aromatic carbocycles. The van der Waals surface area contributed by atoms with Gasteiger partial charge in [0.15, 0.2) is 0 Å². The first-order chi connectivity index (χ1) is 15.7. The molecule has 0 radical (unpaired) electrons. The van der Waals surface area contributed by atoms with E-state index in [1.807, 2.05) is 12.3 Å². The summed E-state index contributed by atoms with van der Waals surface area (Å²) in [5.41, 5.74) is 12.3. The summed E-state index contributed by atoms with van der Waals surface area (Å²) in [6.07, 6.45) is 6.87. The highest BCUT2D eigenvalue weighted by Crippen LogP contribution is 2.59. The van der Waals surface area contributed by atoms with Crippen molar-refractivity contribution in [2.24, 2.45) is 0 Å². The quantitative estimate of drug-likeness (QED) is 0.276. The van der Waals surface area contributed by atoms with Gasteiger partial charge >= 0.3 is 0 Å². The Labute approximate surface area is 187 Å². The molecule has 156 valence electrons. The summed E-state index contributed by atoms with van der Waals surface area (Å²) in [5.74, 6) is 0. The summed E-state index contributed by atoms with van der Waals surface area (Å²) in [6.45, 7) is 4.28. The number of fused-ring (bicyclic) bond motifs is 9. The molecule has 2 aromatic heterocycles. The van der Waals surface area contributed by atoms with Crippen LogP contribution in [0.5, 0.6) is 0 Å². The van der Waals surface area contributed by atoms with E-state index in [4.69, 9.17) is 9.40 Å². The predicted molar refractivity (Wildman–Crippen MR) is 131 cm³/mol. The number of hydrogen-bond acceptors (Lipinski definition) is 2. The lowest BCUT2D eigenvalue weighted by molar-refractivity contribution is 0.540. The van der Waals surface area contributed by atoms with E-state index >= 15 is 0 Å². The molecule has 7 rings (SSSR count). The van der Waals surface area contributed by atoms with Crippen molar-refractivity contribution in [2.75, 3.05) is 0 Å². The van der Waals surface area contributed by atoms with Crippen LogP contribution in [0, 0.1) is 13.8 Å². The highest BCUT2D eigenvalue weighted by molar-refractivity contribution is 6.12. The fraction of sp³-hybridized carbons (Fsp3) is 0.233. The van der Waals surface area contributed by atoms with Gasteiger partial charge in [-0.15, -0.1) is 0 Å². The van der Waals surface area contributed by atoms with Crippen molar-refractivity contribution >= 4 is 21.9 Å². The van der Waals surface area contributed by atoms with Gasteiger partial charge in [-0.3, -0.25) is 4.98 Å². The van der Waals surface area contributed by atoms with Gasteiger partial charge in [-0.25, -0.2) is 0 Å². The maximum atomic E-state index is 6.88. The second-order valence-electron chi connectivity index (χ2n) is 9.65. The van der Waals surface area contributed by atoms with Crippen LogP contribution in [0.2, 0.25) is 0 Å². The van der Waals surface area contributed by atoms with Crippen molar-refractivity contribution in [1.29, 1.82) is 0 Å². The van der Waals surface area contributed by atoms with E-state index in [0.717, 1.165) is 22.4 Å². The molecule has 0 saturated heterocycles. The SMILES string of the molecule is Cc1ccnc(-c2c(C)ccc3c2oc2c4c(ccc23)-c2ccccc2C42CCCC2)c1. The fourth-order valence-corrected chi connectivity index (χ4v) is 6.46. The summed E-state index contributed by atoms with van der Waals surface area (Å²) in [6, 6.07) is 22.3. The minimum Gasteiger partial charge on any atom is -0.455 e. The van der Waals surface area contributed by atoms with Crippen molar-refractivity contribution in [2.45, 2.75) is 44.9 Å². The van der Waals surface area contributed by atoms with Crippen LogP contribution in [-0.2, 0) is 5.41 Å². The zero-order valence-electron chi connectivity index (χ0n) is 18.5. The van der Waals surface area contributed by atoms with E-state index in [0.29, 0.717) is 0 Å². The van der Waals surface area contributed by atoms with Crippen LogP contribution < -0.4 is 0 Å². The molecule has 1 saturated carbocycles. The zero-order valence-corrected chi connectivity index (χ0v) is 18.5. The van der Waals surface area contributed by atoms with Gasteiger partial charge < -0.3 is 4.42 Å². The largest absolute Gasteiger partial charge is 0.455 e. The average Bonchev–Trinajstić information content (AvgIpc) is 3.50. The molecule has 5 aromatic rings. The van der Waals surface area contributed by atoms with Crippen LogP contribution in [0.25, 0.3) is 44.3 Å². The predicted octanol–water partition coefficient (Wildman–Crippen LogP) is 8.11. The van der Waals surface area contributed by atoms with Gasteiger partial charge in [0.2, 0.25) is 0 Å². The monoisotopic (exact) mass is 415 g/mol. The van der Waals surface area contributed by atoms with Gasteiger partial charge in [0.05, 0.1) is 5.69 Å². The summed E-state index contributed by atoms with van der Waals surface area (Å²) < 4.78 is 6.88. The Bertz CT molecular complexity index is 1550. The van der Waals surface area contributed by atoms with Crippen LogP contribution in [0.1, 0.15) is 47.9 Å². The van der Waals surface area contributed by atoms with E-state index in [-0.39, 0.29) is 5.41 Å². The van der Waals surface area contributed by atoms with Crippen LogP contribution in [0.15, 0.2) is 71.3 Å². The maximum absolute atomic E-state index is 6.88. The van der Waals surface area contributed by atoms with E-state index in [1.54, 1.807) is 0 Å². The number of pyridine rings is 1. The van der Waals surface area contributed by atoms with Gasteiger partial charge in [0.1, 0.15) is 11.2 Å². The molecule has 0 unspecified atom stereocenters. The third-order valence-corrected chi connectivity index (χ3v) is 7.86. The van der Waals surface area contributed by atoms with Crippen LogP contribution in [0.4, 0.5) is 0 Å². The van der Waals surface area contributed by atoms with Crippen molar-refractivity contribution < 1.29 is 4.42 Å². The Hall–Kier alpha value is -3.39.